The molecule has 0 saturated heterocycles. The molecular formula is C16H18P2. The molecule has 18 heavy (non-hydrogen) atoms. The van der Waals surface area contributed by atoms with Gasteiger partial charge in [-0.3, -0.25) is 0 Å². The van der Waals surface area contributed by atoms with Crippen LogP contribution in [0.2, 0.25) is 0 Å². The van der Waals surface area contributed by atoms with Gasteiger partial charge < -0.3 is 0 Å². The number of benzene rings is 2. The molecule has 0 heterocycles. The largest absolute Gasteiger partial charge is 0.0622 e. The van der Waals surface area contributed by atoms with E-state index in [9.17, 15) is 0 Å². The molecule has 0 saturated carbocycles. The van der Waals surface area contributed by atoms with Crippen LogP contribution in [-0.2, 0) is 12.8 Å². The summed E-state index contributed by atoms with van der Waals surface area (Å²) in [5.41, 5.74) is 2.92. The lowest BCUT2D eigenvalue weighted by molar-refractivity contribution is 1.15. The molecule has 2 aromatic carbocycles. The smallest absolute Gasteiger partial charge is 0.0201 e. The summed E-state index contributed by atoms with van der Waals surface area (Å²) in [4.78, 5) is 0. The van der Waals surface area contributed by atoms with Gasteiger partial charge in [0.25, 0.3) is 0 Å². The molecule has 0 atom stereocenters. The minimum atomic E-state index is 1.21. The monoisotopic (exact) mass is 272 g/mol. The maximum Gasteiger partial charge on any atom is -0.0201 e. The third kappa shape index (κ3) is 5.30. The number of hydrogen-bond donors (Lipinski definition) is 0. The fraction of sp³-hybridized carbons (Fsp3) is 0.250. The zero-order valence-corrected chi connectivity index (χ0v) is 12.3. The molecule has 0 nitrogen and oxygen atoms in total. The van der Waals surface area contributed by atoms with Crippen molar-refractivity contribution in [1.82, 2.24) is 0 Å². The van der Waals surface area contributed by atoms with Gasteiger partial charge in [0.15, 0.2) is 0 Å². The first-order valence-corrected chi connectivity index (χ1v) is 9.23. The van der Waals surface area contributed by atoms with E-state index in [1.807, 2.05) is 0 Å². The van der Waals surface area contributed by atoms with E-state index in [2.05, 4.69) is 60.7 Å². The molecule has 2 rings (SSSR count). The first kappa shape index (κ1) is 13.7. The predicted octanol–water partition coefficient (Wildman–Crippen LogP) is 5.28. The lowest BCUT2D eigenvalue weighted by atomic mass is 10.2. The second kappa shape index (κ2) is 8.41. The quantitative estimate of drug-likeness (QED) is 0.475. The highest BCUT2D eigenvalue weighted by Crippen LogP contribution is 2.37. The fourth-order valence-electron chi connectivity index (χ4n) is 1.79. The van der Waals surface area contributed by atoms with Crippen molar-refractivity contribution in [3.05, 3.63) is 71.8 Å². The summed E-state index contributed by atoms with van der Waals surface area (Å²) < 4.78 is 0. The highest BCUT2D eigenvalue weighted by atomic mass is 32.0. The van der Waals surface area contributed by atoms with E-state index >= 15 is 0 Å². The van der Waals surface area contributed by atoms with Crippen molar-refractivity contribution in [3.8, 4) is 0 Å². The standard InChI is InChI=1S/C16H18P2/c1-3-7-15(8-4-1)11-13-17-18-14-12-16-9-5-2-6-10-16/h1-10H,11-14H2. The summed E-state index contributed by atoms with van der Waals surface area (Å²) in [6, 6.07) is 21.5. The summed E-state index contributed by atoms with van der Waals surface area (Å²) in [6.07, 6.45) is 4.97. The molecule has 0 bridgehead atoms. The molecule has 0 N–H and O–H groups in total. The van der Waals surface area contributed by atoms with Gasteiger partial charge in [0, 0.05) is 0 Å². The molecule has 0 aliphatic heterocycles. The third-order valence-electron chi connectivity index (χ3n) is 2.79. The van der Waals surface area contributed by atoms with Crippen LogP contribution in [0.5, 0.6) is 0 Å². The summed E-state index contributed by atoms with van der Waals surface area (Å²) in [5, 5.41) is 0. The predicted molar refractivity (Wildman–Crippen MR) is 83.9 cm³/mol. The molecule has 0 fully saturated rings. The van der Waals surface area contributed by atoms with E-state index in [-0.39, 0.29) is 0 Å². The van der Waals surface area contributed by atoms with E-state index in [1.54, 1.807) is 16.5 Å². The van der Waals surface area contributed by atoms with Crippen molar-refractivity contribution in [2.45, 2.75) is 12.8 Å². The topological polar surface area (TPSA) is 0 Å². The van der Waals surface area contributed by atoms with Crippen LogP contribution < -0.4 is 0 Å². The van der Waals surface area contributed by atoms with Gasteiger partial charge in [-0.2, -0.15) is 0 Å². The van der Waals surface area contributed by atoms with Crippen molar-refractivity contribution >= 4 is 16.5 Å². The molecule has 0 spiro atoms. The zero-order chi connectivity index (χ0) is 12.5. The van der Waals surface area contributed by atoms with Crippen LogP contribution in [0.15, 0.2) is 60.7 Å². The lowest BCUT2D eigenvalue weighted by Gasteiger charge is -2.02. The molecule has 0 unspecified atom stereocenters. The summed E-state index contributed by atoms with van der Waals surface area (Å²) in [6.45, 7) is 0. The molecule has 2 heteroatoms. The lowest BCUT2D eigenvalue weighted by Crippen LogP contribution is -1.86. The molecule has 0 amide bonds. The van der Waals surface area contributed by atoms with Crippen LogP contribution in [0.4, 0.5) is 0 Å². The molecule has 0 aromatic heterocycles. The molecular weight excluding hydrogens is 254 g/mol. The fourth-order valence-corrected chi connectivity index (χ4v) is 4.24. The van der Waals surface area contributed by atoms with Gasteiger partial charge in [-0.25, -0.2) is 0 Å². The molecule has 0 aliphatic rings. The minimum absolute atomic E-state index is 1.21. The van der Waals surface area contributed by atoms with Gasteiger partial charge in [-0.15, -0.1) is 0 Å². The van der Waals surface area contributed by atoms with Crippen LogP contribution in [0, 0.1) is 0 Å². The molecule has 0 aliphatic carbocycles. The van der Waals surface area contributed by atoms with E-state index in [0.717, 1.165) is 0 Å². The van der Waals surface area contributed by atoms with E-state index < -0.39 is 0 Å². The molecule has 2 aromatic rings. The molecule has 2 radical (unpaired) electrons. The normalized spacial score (nSPS) is 11.8. The van der Waals surface area contributed by atoms with E-state index in [1.165, 1.54) is 36.3 Å². The highest BCUT2D eigenvalue weighted by Gasteiger charge is 1.95. The summed E-state index contributed by atoms with van der Waals surface area (Å²) in [5.74, 6) is 0. The van der Waals surface area contributed by atoms with Crippen molar-refractivity contribution in [2.75, 3.05) is 12.3 Å². The second-order valence-corrected chi connectivity index (χ2v) is 7.36. The number of aryl methyl sites for hydroxylation is 2. The summed E-state index contributed by atoms with van der Waals surface area (Å²) >= 11 is 0. The van der Waals surface area contributed by atoms with Crippen LogP contribution in [0.3, 0.4) is 0 Å². The molecule has 92 valence electrons. The Labute approximate surface area is 114 Å². The second-order valence-electron chi connectivity index (χ2n) is 4.20. The van der Waals surface area contributed by atoms with E-state index in [0.29, 0.717) is 0 Å². The van der Waals surface area contributed by atoms with Crippen LogP contribution in [0.1, 0.15) is 11.1 Å². The Balaban J connectivity index is 1.54. The van der Waals surface area contributed by atoms with Gasteiger partial charge in [-0.1, -0.05) is 60.7 Å². The zero-order valence-electron chi connectivity index (χ0n) is 10.5. The highest BCUT2D eigenvalue weighted by molar-refractivity contribution is 8.11. The Morgan fingerprint density at radius 3 is 1.33 bits per heavy atom. The van der Waals surface area contributed by atoms with Gasteiger partial charge in [0.1, 0.15) is 0 Å². The van der Waals surface area contributed by atoms with Crippen LogP contribution in [-0.4, -0.2) is 12.3 Å². The Morgan fingerprint density at radius 1 is 0.556 bits per heavy atom. The van der Waals surface area contributed by atoms with Gasteiger partial charge in [0.05, 0.1) is 0 Å². The van der Waals surface area contributed by atoms with Crippen molar-refractivity contribution < 1.29 is 0 Å². The first-order valence-electron chi connectivity index (χ1n) is 6.36. The SMILES string of the molecule is c1ccc(CC[P][P]CCc2ccccc2)cc1. The average Bonchev–Trinajstić information content (AvgIpc) is 2.45. The van der Waals surface area contributed by atoms with Crippen molar-refractivity contribution in [1.29, 1.82) is 0 Å². The maximum atomic E-state index is 2.22. The Morgan fingerprint density at radius 2 is 0.944 bits per heavy atom. The van der Waals surface area contributed by atoms with Gasteiger partial charge >= 0.3 is 0 Å². The first-order chi connectivity index (χ1) is 8.95. The minimum Gasteiger partial charge on any atom is -0.0622 e. The number of hydrogen-bond acceptors (Lipinski definition) is 0. The van der Waals surface area contributed by atoms with Crippen LogP contribution >= 0.6 is 16.5 Å². The third-order valence-corrected chi connectivity index (χ3v) is 5.63. The van der Waals surface area contributed by atoms with Crippen molar-refractivity contribution in [2.24, 2.45) is 0 Å². The maximum absolute atomic E-state index is 2.22. The summed E-state index contributed by atoms with van der Waals surface area (Å²) in [7, 11) is 3.12. The van der Waals surface area contributed by atoms with Gasteiger partial charge in [0.2, 0.25) is 0 Å². The van der Waals surface area contributed by atoms with Crippen LogP contribution in [0.25, 0.3) is 0 Å². The van der Waals surface area contributed by atoms with Crippen molar-refractivity contribution in [3.63, 3.8) is 0 Å². The Bertz CT molecular complexity index is 382. The Hall–Kier alpha value is -0.700. The van der Waals surface area contributed by atoms with E-state index in [4.69, 9.17) is 0 Å². The number of rotatable bonds is 7. The average molecular weight is 272 g/mol. The Kier molecular flexibility index (Phi) is 6.41. The van der Waals surface area contributed by atoms with Gasteiger partial charge in [-0.05, 0) is 52.8 Å².